The largest absolute Gasteiger partial charge is 0.394 e. The van der Waals surface area contributed by atoms with Crippen LogP contribution in [0.3, 0.4) is 0 Å². The van der Waals surface area contributed by atoms with E-state index in [1.807, 2.05) is 0 Å². The molecule has 1 aliphatic carbocycles. The minimum atomic E-state index is 0.0273. The summed E-state index contributed by atoms with van der Waals surface area (Å²) >= 11 is 0. The van der Waals surface area contributed by atoms with E-state index in [-0.39, 0.29) is 6.61 Å². The first kappa shape index (κ1) is 42.5. The fourth-order valence-corrected chi connectivity index (χ4v) is 4.22. The molecule has 1 saturated carbocycles. The number of rotatable bonds is 36. The lowest BCUT2D eigenvalue weighted by Crippen LogP contribution is -2.18. The highest BCUT2D eigenvalue weighted by atomic mass is 16.6. The maximum atomic E-state index is 8.58. The molecule has 0 aromatic carbocycles. The minimum absolute atomic E-state index is 0.0273. The highest BCUT2D eigenvalue weighted by Crippen LogP contribution is 2.19. The van der Waals surface area contributed by atoms with Gasteiger partial charge in [-0.3, -0.25) is 0 Å². The lowest BCUT2D eigenvalue weighted by atomic mass is 9.99. The van der Waals surface area contributed by atoms with E-state index >= 15 is 0 Å². The summed E-state index contributed by atoms with van der Waals surface area (Å²) < 4.78 is 65.8. The molecule has 0 unspecified atom stereocenters. The molecule has 0 radical (unpaired) electrons. The normalized spacial score (nSPS) is 14.6. The molecule has 0 aliphatic heterocycles. The standard InChI is InChI=1S/C32H64O13/c33-8-9-34-10-11-35-12-13-36-14-15-37-16-17-38-18-19-39-20-21-40-22-23-41-24-25-42-26-27-43-28-29-44-30-31-45-32-6-4-2-1-3-5-7-32/h32-33H,1-31H2. The van der Waals surface area contributed by atoms with Gasteiger partial charge < -0.3 is 61.9 Å². The Bertz CT molecular complexity index is 539. The highest BCUT2D eigenvalue weighted by molar-refractivity contribution is 4.63. The summed E-state index contributed by atoms with van der Waals surface area (Å²) in [7, 11) is 0. The molecular formula is C32H64O13. The van der Waals surface area contributed by atoms with E-state index in [4.69, 9.17) is 61.9 Å². The van der Waals surface area contributed by atoms with Gasteiger partial charge in [0.25, 0.3) is 0 Å². The number of ether oxygens (including phenoxy) is 12. The van der Waals surface area contributed by atoms with Gasteiger partial charge in [-0.2, -0.15) is 0 Å². The Labute approximate surface area is 271 Å². The molecule has 0 heterocycles. The van der Waals surface area contributed by atoms with Crippen molar-refractivity contribution in [2.24, 2.45) is 0 Å². The van der Waals surface area contributed by atoms with Gasteiger partial charge in [-0.15, -0.1) is 0 Å². The zero-order valence-corrected chi connectivity index (χ0v) is 27.8. The summed E-state index contributed by atoms with van der Waals surface area (Å²) in [6.07, 6.45) is 9.44. The van der Waals surface area contributed by atoms with Crippen LogP contribution in [0.25, 0.3) is 0 Å². The third-order valence-electron chi connectivity index (χ3n) is 6.59. The fraction of sp³-hybridized carbons (Fsp3) is 1.00. The highest BCUT2D eigenvalue weighted by Gasteiger charge is 2.11. The van der Waals surface area contributed by atoms with Crippen molar-refractivity contribution in [3.8, 4) is 0 Å². The second kappa shape index (κ2) is 37.9. The Balaban J connectivity index is 1.62. The SMILES string of the molecule is OCCOCCOCCOCCOCCOCCOCCOCCOCCOCCOCCOCCOC1CCCCCCC1. The summed E-state index contributed by atoms with van der Waals surface area (Å²) in [5.41, 5.74) is 0. The summed E-state index contributed by atoms with van der Waals surface area (Å²) in [5, 5.41) is 8.58. The van der Waals surface area contributed by atoms with Crippen LogP contribution >= 0.6 is 0 Å². The van der Waals surface area contributed by atoms with Crippen molar-refractivity contribution in [3.05, 3.63) is 0 Å². The van der Waals surface area contributed by atoms with E-state index in [9.17, 15) is 0 Å². The quantitative estimate of drug-likeness (QED) is 0.0991. The van der Waals surface area contributed by atoms with Gasteiger partial charge in [-0.05, 0) is 12.8 Å². The van der Waals surface area contributed by atoms with Gasteiger partial charge in [0, 0.05) is 0 Å². The van der Waals surface area contributed by atoms with Crippen LogP contribution in [0, 0.1) is 0 Å². The van der Waals surface area contributed by atoms with Gasteiger partial charge in [0.2, 0.25) is 0 Å². The average molecular weight is 657 g/mol. The maximum Gasteiger partial charge on any atom is 0.0704 e. The van der Waals surface area contributed by atoms with Gasteiger partial charge in [0.15, 0.2) is 0 Å². The number of hydrogen-bond donors (Lipinski definition) is 1. The lowest BCUT2D eigenvalue weighted by Gasteiger charge is -2.20. The molecule has 0 aromatic rings. The molecule has 0 atom stereocenters. The summed E-state index contributed by atoms with van der Waals surface area (Å²) in [6, 6.07) is 0. The predicted octanol–water partition coefficient (Wildman–Crippen LogP) is 2.29. The van der Waals surface area contributed by atoms with Crippen molar-refractivity contribution in [2.75, 3.05) is 159 Å². The third kappa shape index (κ3) is 34.6. The van der Waals surface area contributed by atoms with E-state index in [0.29, 0.717) is 158 Å². The van der Waals surface area contributed by atoms with Crippen LogP contribution in [0.1, 0.15) is 44.9 Å². The van der Waals surface area contributed by atoms with E-state index in [1.54, 1.807) is 0 Å². The minimum Gasteiger partial charge on any atom is -0.394 e. The molecule has 45 heavy (non-hydrogen) atoms. The van der Waals surface area contributed by atoms with E-state index < -0.39 is 0 Å². The molecule has 1 rings (SSSR count). The monoisotopic (exact) mass is 656 g/mol. The fourth-order valence-electron chi connectivity index (χ4n) is 4.22. The van der Waals surface area contributed by atoms with Crippen molar-refractivity contribution in [2.45, 2.75) is 51.0 Å². The van der Waals surface area contributed by atoms with Crippen LogP contribution in [0.15, 0.2) is 0 Å². The van der Waals surface area contributed by atoms with Crippen molar-refractivity contribution in [3.63, 3.8) is 0 Å². The lowest BCUT2D eigenvalue weighted by molar-refractivity contribution is -0.0323. The van der Waals surface area contributed by atoms with Gasteiger partial charge in [-0.25, -0.2) is 0 Å². The second-order valence-electron chi connectivity index (χ2n) is 10.3. The summed E-state index contributed by atoms with van der Waals surface area (Å²) in [4.78, 5) is 0. The molecule has 1 fully saturated rings. The van der Waals surface area contributed by atoms with Gasteiger partial charge in [0.05, 0.1) is 165 Å². The average Bonchev–Trinajstić information content (AvgIpc) is 3.03. The van der Waals surface area contributed by atoms with Crippen LogP contribution in [-0.4, -0.2) is 170 Å². The molecule has 1 N–H and O–H groups in total. The molecular weight excluding hydrogens is 592 g/mol. The summed E-state index contributed by atoms with van der Waals surface area (Å²) in [5.74, 6) is 0. The Morgan fingerprint density at radius 1 is 0.289 bits per heavy atom. The smallest absolute Gasteiger partial charge is 0.0704 e. The van der Waals surface area contributed by atoms with Crippen LogP contribution in [0.2, 0.25) is 0 Å². The first-order chi connectivity index (χ1) is 22.4. The second-order valence-corrected chi connectivity index (χ2v) is 10.3. The molecule has 13 heteroatoms. The predicted molar refractivity (Wildman–Crippen MR) is 168 cm³/mol. The van der Waals surface area contributed by atoms with Crippen LogP contribution in [0.4, 0.5) is 0 Å². The number of aliphatic hydroxyl groups excluding tert-OH is 1. The van der Waals surface area contributed by atoms with Crippen molar-refractivity contribution >= 4 is 0 Å². The van der Waals surface area contributed by atoms with Crippen molar-refractivity contribution in [1.29, 1.82) is 0 Å². The van der Waals surface area contributed by atoms with Crippen LogP contribution in [0.5, 0.6) is 0 Å². The topological polar surface area (TPSA) is 131 Å². The molecule has 1 aliphatic rings. The molecule has 13 nitrogen and oxygen atoms in total. The first-order valence-corrected chi connectivity index (χ1v) is 17.0. The Morgan fingerprint density at radius 2 is 0.511 bits per heavy atom. The van der Waals surface area contributed by atoms with E-state index in [2.05, 4.69) is 0 Å². The third-order valence-corrected chi connectivity index (χ3v) is 6.59. The molecule has 0 aromatic heterocycles. The molecule has 270 valence electrons. The van der Waals surface area contributed by atoms with E-state index in [0.717, 1.165) is 0 Å². The van der Waals surface area contributed by atoms with Crippen molar-refractivity contribution < 1.29 is 61.9 Å². The van der Waals surface area contributed by atoms with E-state index in [1.165, 1.54) is 44.9 Å². The zero-order valence-electron chi connectivity index (χ0n) is 27.8. The number of hydrogen-bond acceptors (Lipinski definition) is 13. The molecule has 0 saturated heterocycles. The zero-order chi connectivity index (χ0) is 32.0. The maximum absolute atomic E-state index is 8.58. The Morgan fingerprint density at radius 3 is 0.778 bits per heavy atom. The van der Waals surface area contributed by atoms with Crippen LogP contribution < -0.4 is 0 Å². The molecule has 0 bridgehead atoms. The van der Waals surface area contributed by atoms with Crippen molar-refractivity contribution in [1.82, 2.24) is 0 Å². The first-order valence-electron chi connectivity index (χ1n) is 17.0. The molecule has 0 spiro atoms. The van der Waals surface area contributed by atoms with Gasteiger partial charge in [0.1, 0.15) is 0 Å². The molecule has 0 amide bonds. The van der Waals surface area contributed by atoms with Crippen LogP contribution in [-0.2, 0) is 56.8 Å². The van der Waals surface area contributed by atoms with Gasteiger partial charge >= 0.3 is 0 Å². The van der Waals surface area contributed by atoms with Gasteiger partial charge in [-0.1, -0.05) is 32.1 Å². The summed E-state index contributed by atoms with van der Waals surface area (Å²) in [6.45, 7) is 12.0. The number of aliphatic hydroxyl groups is 1. The Hall–Kier alpha value is -0.520. The Kier molecular flexibility index (Phi) is 35.8.